The Morgan fingerprint density at radius 2 is 2.03 bits per heavy atom. The van der Waals surface area contributed by atoms with Crippen LogP contribution in [0, 0.1) is 6.92 Å². The van der Waals surface area contributed by atoms with Gasteiger partial charge in [-0.25, -0.2) is 4.99 Å². The molecule has 3 rings (SSSR count). The molecular formula is C21H21F3N2O2S. The van der Waals surface area contributed by atoms with Gasteiger partial charge in [0.1, 0.15) is 11.4 Å². The van der Waals surface area contributed by atoms with Crippen molar-refractivity contribution in [3.05, 3.63) is 59.2 Å². The summed E-state index contributed by atoms with van der Waals surface area (Å²) in [5, 5.41) is 0.539. The number of halogens is 3. The van der Waals surface area contributed by atoms with Crippen LogP contribution in [0.4, 0.5) is 18.9 Å². The van der Waals surface area contributed by atoms with Gasteiger partial charge in [0.25, 0.3) is 0 Å². The molecule has 0 spiro atoms. The van der Waals surface area contributed by atoms with Crippen LogP contribution in [0.5, 0.6) is 5.75 Å². The summed E-state index contributed by atoms with van der Waals surface area (Å²) < 4.78 is 44.2. The van der Waals surface area contributed by atoms with Gasteiger partial charge in [0.15, 0.2) is 5.17 Å². The normalized spacial score (nSPS) is 16.2. The third-order valence-corrected chi connectivity index (χ3v) is 5.51. The van der Waals surface area contributed by atoms with Crippen LogP contribution in [0.1, 0.15) is 23.1 Å². The summed E-state index contributed by atoms with van der Waals surface area (Å²) in [6.45, 7) is 2.42. The molecule has 1 saturated heterocycles. The molecule has 4 nitrogen and oxygen atoms in total. The molecule has 0 aromatic heterocycles. The Labute approximate surface area is 171 Å². The minimum atomic E-state index is -4.44. The zero-order valence-electron chi connectivity index (χ0n) is 16.1. The second kappa shape index (κ2) is 8.90. The Morgan fingerprint density at radius 1 is 1.24 bits per heavy atom. The van der Waals surface area contributed by atoms with Crippen molar-refractivity contribution in [1.82, 2.24) is 4.90 Å². The minimum Gasteiger partial charge on any atom is -0.494 e. The summed E-state index contributed by atoms with van der Waals surface area (Å²) >= 11 is 1.46. The van der Waals surface area contributed by atoms with E-state index in [9.17, 15) is 18.0 Å². The fourth-order valence-corrected chi connectivity index (χ4v) is 3.97. The second-order valence-corrected chi connectivity index (χ2v) is 7.75. The molecule has 2 aromatic carbocycles. The fraction of sp³-hybridized carbons (Fsp3) is 0.333. The van der Waals surface area contributed by atoms with Gasteiger partial charge < -0.3 is 4.74 Å². The van der Waals surface area contributed by atoms with E-state index in [1.54, 1.807) is 12.0 Å². The van der Waals surface area contributed by atoms with Crippen LogP contribution >= 0.6 is 11.8 Å². The van der Waals surface area contributed by atoms with Crippen molar-refractivity contribution in [2.75, 3.05) is 19.4 Å². The maximum atomic E-state index is 12.9. The number of amides is 1. The number of aliphatic imine (C=N–C) groups is 1. The predicted octanol–water partition coefficient (Wildman–Crippen LogP) is 5.22. The first-order valence-electron chi connectivity index (χ1n) is 9.10. The van der Waals surface area contributed by atoms with Crippen LogP contribution in [0.3, 0.4) is 0 Å². The van der Waals surface area contributed by atoms with E-state index in [1.807, 2.05) is 25.1 Å². The number of rotatable bonds is 4. The number of carbonyl (C=O) groups excluding carboxylic acids is 1. The molecule has 0 atom stereocenters. The Kier molecular flexibility index (Phi) is 6.52. The van der Waals surface area contributed by atoms with Gasteiger partial charge in [0.2, 0.25) is 5.91 Å². The van der Waals surface area contributed by atoms with E-state index in [0.29, 0.717) is 28.7 Å². The number of methoxy groups -OCH3 is 1. The third-order valence-electron chi connectivity index (χ3n) is 4.45. The molecule has 0 radical (unpaired) electrons. The second-order valence-electron chi connectivity index (χ2n) is 6.69. The number of thioether (sulfide) groups is 1. The monoisotopic (exact) mass is 422 g/mol. The SMILES string of the molecule is COc1ccc(C)cc1N=C1SCCCN1C(=O)Cc1cccc(C(F)(F)F)c1. The molecule has 0 N–H and O–H groups in total. The lowest BCUT2D eigenvalue weighted by molar-refractivity contribution is -0.137. The van der Waals surface area contributed by atoms with Crippen molar-refractivity contribution in [3.63, 3.8) is 0 Å². The Balaban J connectivity index is 1.85. The summed E-state index contributed by atoms with van der Waals surface area (Å²) in [5.74, 6) is 1.14. The number of carbonyl (C=O) groups is 1. The first-order chi connectivity index (χ1) is 13.8. The smallest absolute Gasteiger partial charge is 0.416 e. The number of nitrogens with zero attached hydrogens (tertiary/aromatic N) is 2. The summed E-state index contributed by atoms with van der Waals surface area (Å²) in [6, 6.07) is 10.5. The van der Waals surface area contributed by atoms with Gasteiger partial charge in [-0.3, -0.25) is 9.69 Å². The molecule has 1 amide bonds. The zero-order valence-corrected chi connectivity index (χ0v) is 16.9. The zero-order chi connectivity index (χ0) is 21.0. The maximum Gasteiger partial charge on any atom is 0.416 e. The van der Waals surface area contributed by atoms with E-state index in [4.69, 9.17) is 4.74 Å². The number of benzene rings is 2. The predicted molar refractivity (Wildman–Crippen MR) is 109 cm³/mol. The number of amidine groups is 1. The number of hydrogen-bond donors (Lipinski definition) is 0. The minimum absolute atomic E-state index is 0.117. The molecule has 154 valence electrons. The van der Waals surface area contributed by atoms with E-state index in [0.717, 1.165) is 29.9 Å². The molecule has 0 saturated carbocycles. The van der Waals surface area contributed by atoms with Gasteiger partial charge in [0.05, 0.1) is 19.1 Å². The Bertz CT molecular complexity index is 928. The van der Waals surface area contributed by atoms with Crippen molar-refractivity contribution in [2.45, 2.75) is 25.9 Å². The largest absolute Gasteiger partial charge is 0.494 e. The fourth-order valence-electron chi connectivity index (χ4n) is 3.00. The molecule has 1 fully saturated rings. The van der Waals surface area contributed by atoms with Crippen LogP contribution in [0.15, 0.2) is 47.5 Å². The van der Waals surface area contributed by atoms with Crippen LogP contribution in [0.2, 0.25) is 0 Å². The van der Waals surface area contributed by atoms with Crippen LogP contribution in [-0.2, 0) is 17.4 Å². The highest BCUT2D eigenvalue weighted by Crippen LogP contribution is 2.32. The Hall–Kier alpha value is -2.48. The standard InChI is InChI=1S/C21H21F3N2O2S/c1-14-7-8-18(28-2)17(11-14)25-20-26(9-4-10-29-20)19(27)13-15-5-3-6-16(12-15)21(22,23)24/h3,5-8,11-12H,4,9-10,13H2,1-2H3. The van der Waals surface area contributed by atoms with Crippen molar-refractivity contribution >= 4 is 28.5 Å². The summed E-state index contributed by atoms with van der Waals surface area (Å²) in [4.78, 5) is 19.1. The van der Waals surface area contributed by atoms with E-state index in [-0.39, 0.29) is 12.3 Å². The number of ether oxygens (including phenoxy) is 1. The molecular weight excluding hydrogens is 401 g/mol. The molecule has 0 aliphatic carbocycles. The highest BCUT2D eigenvalue weighted by Gasteiger charge is 2.31. The number of aryl methyl sites for hydroxylation is 1. The molecule has 1 aliphatic heterocycles. The van der Waals surface area contributed by atoms with Gasteiger partial charge in [-0.2, -0.15) is 13.2 Å². The van der Waals surface area contributed by atoms with Gasteiger partial charge in [0, 0.05) is 12.3 Å². The molecule has 0 bridgehead atoms. The van der Waals surface area contributed by atoms with Gasteiger partial charge in [-0.15, -0.1) is 0 Å². The van der Waals surface area contributed by atoms with Crippen LogP contribution in [0.25, 0.3) is 0 Å². The molecule has 8 heteroatoms. The molecule has 1 aliphatic rings. The molecule has 0 unspecified atom stereocenters. The average Bonchev–Trinajstić information content (AvgIpc) is 2.68. The van der Waals surface area contributed by atoms with Gasteiger partial charge in [-0.1, -0.05) is 36.0 Å². The van der Waals surface area contributed by atoms with E-state index in [1.165, 1.54) is 23.9 Å². The summed E-state index contributed by atoms with van der Waals surface area (Å²) in [5.41, 5.74) is 1.20. The van der Waals surface area contributed by atoms with Crippen LogP contribution < -0.4 is 4.74 Å². The average molecular weight is 422 g/mol. The lowest BCUT2D eigenvalue weighted by Gasteiger charge is -2.28. The van der Waals surface area contributed by atoms with Crippen LogP contribution in [-0.4, -0.2) is 35.4 Å². The quantitative estimate of drug-likeness (QED) is 0.679. The first kappa shape index (κ1) is 21.2. The molecule has 1 heterocycles. The summed E-state index contributed by atoms with van der Waals surface area (Å²) in [6.07, 6.45) is -3.76. The van der Waals surface area contributed by atoms with Crippen molar-refractivity contribution in [2.24, 2.45) is 4.99 Å². The van der Waals surface area contributed by atoms with Crippen molar-refractivity contribution < 1.29 is 22.7 Å². The third kappa shape index (κ3) is 5.32. The topological polar surface area (TPSA) is 41.9 Å². The van der Waals surface area contributed by atoms with Crippen molar-refractivity contribution in [3.8, 4) is 5.75 Å². The first-order valence-corrected chi connectivity index (χ1v) is 10.1. The van der Waals surface area contributed by atoms with Gasteiger partial charge in [-0.05, 0) is 42.7 Å². The number of hydrogen-bond acceptors (Lipinski definition) is 4. The maximum absolute atomic E-state index is 12.9. The summed E-state index contributed by atoms with van der Waals surface area (Å²) in [7, 11) is 1.55. The van der Waals surface area contributed by atoms with E-state index < -0.39 is 11.7 Å². The van der Waals surface area contributed by atoms with Gasteiger partial charge >= 0.3 is 6.18 Å². The molecule has 29 heavy (non-hydrogen) atoms. The Morgan fingerprint density at radius 3 is 2.76 bits per heavy atom. The van der Waals surface area contributed by atoms with Crippen molar-refractivity contribution in [1.29, 1.82) is 0 Å². The lowest BCUT2D eigenvalue weighted by atomic mass is 10.1. The molecule has 2 aromatic rings. The van der Waals surface area contributed by atoms with E-state index >= 15 is 0 Å². The van der Waals surface area contributed by atoms with E-state index in [2.05, 4.69) is 4.99 Å². The number of alkyl halides is 3. The highest BCUT2D eigenvalue weighted by molar-refractivity contribution is 8.13. The highest BCUT2D eigenvalue weighted by atomic mass is 32.2. The lowest BCUT2D eigenvalue weighted by Crippen LogP contribution is -2.40.